The minimum Gasteiger partial charge on any atom is -0.294 e. The number of nitriles is 1. The molecule has 2 heterocycles. The molecular formula is C13H8ClN3O. The first kappa shape index (κ1) is 12.2. The molecule has 0 bridgehead atoms. The largest absolute Gasteiger partial charge is 0.294 e. The second-order valence-corrected chi connectivity index (χ2v) is 4.00. The van der Waals surface area contributed by atoms with E-state index in [9.17, 15) is 4.79 Å². The van der Waals surface area contributed by atoms with Gasteiger partial charge in [-0.25, -0.2) is 4.98 Å². The molecule has 0 N–H and O–H groups in total. The third-order valence-electron chi connectivity index (χ3n) is 2.42. The van der Waals surface area contributed by atoms with Crippen LogP contribution in [0.5, 0.6) is 0 Å². The maximum absolute atomic E-state index is 12.0. The van der Waals surface area contributed by atoms with E-state index in [1.54, 1.807) is 12.1 Å². The molecule has 0 aliphatic rings. The van der Waals surface area contributed by atoms with Crippen LogP contribution < -0.4 is 0 Å². The van der Waals surface area contributed by atoms with Crippen LogP contribution in [0.2, 0.25) is 5.15 Å². The number of pyridine rings is 2. The lowest BCUT2D eigenvalue weighted by Crippen LogP contribution is -2.05. The molecule has 2 aromatic heterocycles. The molecule has 0 spiro atoms. The Labute approximate surface area is 109 Å². The molecule has 0 saturated carbocycles. The molecule has 0 aliphatic heterocycles. The standard InChI is InChI=1S/C13H8ClN3O/c14-13-6-9(2-4-17-13)12(18)5-11-8-16-3-1-10(11)7-15/h1-4,6,8H,5H2. The van der Waals surface area contributed by atoms with Gasteiger partial charge in [0.2, 0.25) is 0 Å². The van der Waals surface area contributed by atoms with Crippen molar-refractivity contribution >= 4 is 17.4 Å². The van der Waals surface area contributed by atoms with E-state index in [1.165, 1.54) is 24.7 Å². The highest BCUT2D eigenvalue weighted by Gasteiger charge is 2.10. The number of carbonyl (C=O) groups is 1. The topological polar surface area (TPSA) is 66.6 Å². The zero-order valence-electron chi connectivity index (χ0n) is 9.30. The molecule has 0 aliphatic carbocycles. The number of Topliss-reactive ketones (excluding diaryl/α,β-unsaturated/α-hetero) is 1. The van der Waals surface area contributed by atoms with Crippen LogP contribution >= 0.6 is 11.6 Å². The van der Waals surface area contributed by atoms with Crippen LogP contribution in [0.1, 0.15) is 21.5 Å². The Balaban J connectivity index is 2.25. The SMILES string of the molecule is N#Cc1ccncc1CC(=O)c1ccnc(Cl)c1. The molecule has 0 unspecified atom stereocenters. The summed E-state index contributed by atoms with van der Waals surface area (Å²) in [5.74, 6) is -0.121. The highest BCUT2D eigenvalue weighted by molar-refractivity contribution is 6.29. The maximum Gasteiger partial charge on any atom is 0.167 e. The van der Waals surface area contributed by atoms with Gasteiger partial charge in [-0.2, -0.15) is 5.26 Å². The molecule has 2 rings (SSSR count). The molecule has 18 heavy (non-hydrogen) atoms. The van der Waals surface area contributed by atoms with Gasteiger partial charge >= 0.3 is 0 Å². The summed E-state index contributed by atoms with van der Waals surface area (Å²) in [5.41, 5.74) is 1.54. The van der Waals surface area contributed by atoms with Crippen molar-refractivity contribution in [3.05, 3.63) is 58.6 Å². The molecule has 0 atom stereocenters. The molecule has 5 heteroatoms. The van der Waals surface area contributed by atoms with E-state index in [2.05, 4.69) is 9.97 Å². The van der Waals surface area contributed by atoms with Crippen molar-refractivity contribution in [3.8, 4) is 6.07 Å². The predicted octanol–water partition coefficient (Wildman–Crippen LogP) is 2.43. The Hall–Kier alpha value is -2.25. The first-order valence-electron chi connectivity index (χ1n) is 5.18. The minimum atomic E-state index is -0.121. The maximum atomic E-state index is 12.0. The first-order valence-corrected chi connectivity index (χ1v) is 5.56. The van der Waals surface area contributed by atoms with E-state index < -0.39 is 0 Å². The Morgan fingerprint density at radius 1 is 1.39 bits per heavy atom. The first-order chi connectivity index (χ1) is 8.70. The highest BCUT2D eigenvalue weighted by atomic mass is 35.5. The molecule has 0 radical (unpaired) electrons. The molecule has 2 aromatic rings. The normalized spacial score (nSPS) is 9.78. The van der Waals surface area contributed by atoms with E-state index in [1.807, 2.05) is 6.07 Å². The Morgan fingerprint density at radius 2 is 2.22 bits per heavy atom. The zero-order chi connectivity index (χ0) is 13.0. The smallest absolute Gasteiger partial charge is 0.167 e. The van der Waals surface area contributed by atoms with Crippen molar-refractivity contribution in [3.63, 3.8) is 0 Å². The van der Waals surface area contributed by atoms with E-state index in [0.717, 1.165) is 0 Å². The fourth-order valence-electron chi connectivity index (χ4n) is 1.53. The summed E-state index contributed by atoms with van der Waals surface area (Å²) in [7, 11) is 0. The average Bonchev–Trinajstić information content (AvgIpc) is 2.39. The second kappa shape index (κ2) is 5.39. The van der Waals surface area contributed by atoms with E-state index >= 15 is 0 Å². The van der Waals surface area contributed by atoms with Crippen molar-refractivity contribution < 1.29 is 4.79 Å². The molecule has 0 aromatic carbocycles. The molecule has 88 valence electrons. The van der Waals surface area contributed by atoms with Gasteiger partial charge in [-0.1, -0.05) is 11.6 Å². The fraction of sp³-hybridized carbons (Fsp3) is 0.0769. The van der Waals surface area contributed by atoms with Crippen LogP contribution in [-0.2, 0) is 6.42 Å². The van der Waals surface area contributed by atoms with Crippen LogP contribution in [0.15, 0.2) is 36.8 Å². The van der Waals surface area contributed by atoms with Crippen molar-refractivity contribution in [1.29, 1.82) is 5.26 Å². The van der Waals surface area contributed by atoms with Gasteiger partial charge in [0.1, 0.15) is 5.15 Å². The van der Waals surface area contributed by atoms with Crippen LogP contribution in [0.25, 0.3) is 0 Å². The van der Waals surface area contributed by atoms with Gasteiger partial charge in [-0.15, -0.1) is 0 Å². The van der Waals surface area contributed by atoms with E-state index in [4.69, 9.17) is 16.9 Å². The summed E-state index contributed by atoms with van der Waals surface area (Å²) < 4.78 is 0. The number of carbonyl (C=O) groups excluding carboxylic acids is 1. The van der Waals surface area contributed by atoms with Crippen molar-refractivity contribution in [1.82, 2.24) is 9.97 Å². The summed E-state index contributed by atoms with van der Waals surface area (Å²) in [6.07, 6.45) is 4.65. The highest BCUT2D eigenvalue weighted by Crippen LogP contribution is 2.13. The number of nitrogens with zero attached hydrogens (tertiary/aromatic N) is 3. The van der Waals surface area contributed by atoms with Crippen LogP contribution in [-0.4, -0.2) is 15.8 Å². The van der Waals surface area contributed by atoms with Crippen molar-refractivity contribution in [2.45, 2.75) is 6.42 Å². The number of ketones is 1. The van der Waals surface area contributed by atoms with E-state index in [-0.39, 0.29) is 17.4 Å². The third kappa shape index (κ3) is 2.70. The lowest BCUT2D eigenvalue weighted by molar-refractivity contribution is 0.0992. The van der Waals surface area contributed by atoms with Gasteiger partial charge in [-0.3, -0.25) is 9.78 Å². The van der Waals surface area contributed by atoms with Gasteiger partial charge in [0, 0.05) is 30.6 Å². The summed E-state index contributed by atoms with van der Waals surface area (Å²) in [4.78, 5) is 19.7. The monoisotopic (exact) mass is 257 g/mol. The van der Waals surface area contributed by atoms with Gasteiger partial charge < -0.3 is 0 Å². The lowest BCUT2D eigenvalue weighted by Gasteiger charge is -2.03. The van der Waals surface area contributed by atoms with Crippen molar-refractivity contribution in [2.75, 3.05) is 0 Å². The summed E-state index contributed by atoms with van der Waals surface area (Å²) in [6, 6.07) is 6.72. The molecule has 0 fully saturated rings. The second-order valence-electron chi connectivity index (χ2n) is 3.61. The van der Waals surface area contributed by atoms with Gasteiger partial charge in [0.05, 0.1) is 11.6 Å². The molecule has 4 nitrogen and oxygen atoms in total. The fourth-order valence-corrected chi connectivity index (χ4v) is 1.70. The van der Waals surface area contributed by atoms with Crippen LogP contribution in [0.4, 0.5) is 0 Å². The Morgan fingerprint density at radius 3 is 2.94 bits per heavy atom. The Kier molecular flexibility index (Phi) is 3.66. The molecule has 0 amide bonds. The quantitative estimate of drug-likeness (QED) is 0.626. The number of hydrogen-bond acceptors (Lipinski definition) is 4. The van der Waals surface area contributed by atoms with Crippen LogP contribution in [0.3, 0.4) is 0 Å². The zero-order valence-corrected chi connectivity index (χ0v) is 10.1. The van der Waals surface area contributed by atoms with E-state index in [0.29, 0.717) is 16.7 Å². The Bertz CT molecular complexity index is 634. The molecular weight excluding hydrogens is 250 g/mol. The van der Waals surface area contributed by atoms with Gasteiger partial charge in [-0.05, 0) is 23.8 Å². The van der Waals surface area contributed by atoms with Crippen molar-refractivity contribution in [2.24, 2.45) is 0 Å². The van der Waals surface area contributed by atoms with Crippen LogP contribution in [0, 0.1) is 11.3 Å². The van der Waals surface area contributed by atoms with Gasteiger partial charge in [0.15, 0.2) is 5.78 Å². The third-order valence-corrected chi connectivity index (χ3v) is 2.63. The summed E-state index contributed by atoms with van der Waals surface area (Å²) in [6.45, 7) is 0. The minimum absolute atomic E-state index is 0.121. The summed E-state index contributed by atoms with van der Waals surface area (Å²) >= 11 is 5.72. The molecule has 0 saturated heterocycles. The predicted molar refractivity (Wildman–Crippen MR) is 66.2 cm³/mol. The average molecular weight is 258 g/mol. The number of hydrogen-bond donors (Lipinski definition) is 0. The van der Waals surface area contributed by atoms with Gasteiger partial charge in [0.25, 0.3) is 0 Å². The number of halogens is 1. The lowest BCUT2D eigenvalue weighted by atomic mass is 10.0. The number of rotatable bonds is 3. The number of aromatic nitrogens is 2. The summed E-state index contributed by atoms with van der Waals surface area (Å²) in [5, 5.41) is 9.20.